The smallest absolute Gasteiger partial charge is 0.224 e. The van der Waals surface area contributed by atoms with Crippen LogP contribution < -0.4 is 10.1 Å². The van der Waals surface area contributed by atoms with Gasteiger partial charge >= 0.3 is 0 Å². The molecular formula is C20H20N2O3. The summed E-state index contributed by atoms with van der Waals surface area (Å²) >= 11 is 0. The number of ether oxygens (including phenoxy) is 1. The van der Waals surface area contributed by atoms with Crippen molar-refractivity contribution in [3.63, 3.8) is 0 Å². The molecule has 5 nitrogen and oxygen atoms in total. The number of aliphatic hydroxyl groups is 1. The number of rotatable bonds is 6. The molecule has 1 heterocycles. The molecule has 0 bridgehead atoms. The molecule has 25 heavy (non-hydrogen) atoms. The highest BCUT2D eigenvalue weighted by Gasteiger charge is 2.11. The van der Waals surface area contributed by atoms with Crippen molar-refractivity contribution in [3.8, 4) is 5.75 Å². The SMILES string of the molecule is COc1ccc2cccc(CC(=O)NC[C@@H](O)c3cccnc3)c2c1. The van der Waals surface area contributed by atoms with Crippen LogP contribution in [0, 0.1) is 0 Å². The van der Waals surface area contributed by atoms with Crippen molar-refractivity contribution in [2.45, 2.75) is 12.5 Å². The molecule has 0 aliphatic heterocycles. The minimum atomic E-state index is -0.773. The van der Waals surface area contributed by atoms with E-state index in [1.54, 1.807) is 31.6 Å². The zero-order valence-corrected chi connectivity index (χ0v) is 14.0. The lowest BCUT2D eigenvalue weighted by atomic mass is 10.0. The van der Waals surface area contributed by atoms with Crippen LogP contribution in [0.15, 0.2) is 60.9 Å². The molecule has 3 rings (SSSR count). The number of nitrogens with one attached hydrogen (secondary N) is 1. The van der Waals surface area contributed by atoms with Gasteiger partial charge in [-0.1, -0.05) is 30.3 Å². The maximum atomic E-state index is 12.3. The summed E-state index contributed by atoms with van der Waals surface area (Å²) in [7, 11) is 1.62. The molecule has 1 atom stereocenters. The van der Waals surface area contributed by atoms with Gasteiger partial charge in [0.15, 0.2) is 0 Å². The Morgan fingerprint density at radius 1 is 1.24 bits per heavy atom. The van der Waals surface area contributed by atoms with Crippen LogP contribution in [0.25, 0.3) is 10.8 Å². The summed E-state index contributed by atoms with van der Waals surface area (Å²) in [6, 6.07) is 15.2. The Morgan fingerprint density at radius 3 is 2.88 bits per heavy atom. The Balaban J connectivity index is 1.68. The van der Waals surface area contributed by atoms with Crippen molar-refractivity contribution >= 4 is 16.7 Å². The fourth-order valence-corrected chi connectivity index (χ4v) is 2.73. The highest BCUT2D eigenvalue weighted by atomic mass is 16.5. The molecule has 0 spiro atoms. The summed E-state index contributed by atoms with van der Waals surface area (Å²) < 4.78 is 5.27. The molecule has 3 aromatic rings. The van der Waals surface area contributed by atoms with Crippen LogP contribution in [0.1, 0.15) is 17.2 Å². The molecule has 0 saturated heterocycles. The molecule has 0 saturated carbocycles. The molecule has 1 amide bonds. The van der Waals surface area contributed by atoms with Gasteiger partial charge in [0.1, 0.15) is 5.75 Å². The summed E-state index contributed by atoms with van der Waals surface area (Å²) in [5.74, 6) is 0.616. The molecule has 5 heteroatoms. The van der Waals surface area contributed by atoms with Gasteiger partial charge in [-0.25, -0.2) is 0 Å². The monoisotopic (exact) mass is 336 g/mol. The molecule has 2 N–H and O–H groups in total. The lowest BCUT2D eigenvalue weighted by Gasteiger charge is -2.13. The predicted octanol–water partition coefficient (Wildman–Crippen LogP) is 2.64. The Kier molecular flexibility index (Phi) is 5.26. The molecular weight excluding hydrogens is 316 g/mol. The van der Waals surface area contributed by atoms with E-state index in [2.05, 4.69) is 10.3 Å². The molecule has 1 aromatic heterocycles. The van der Waals surface area contributed by atoms with Gasteiger partial charge in [-0.15, -0.1) is 0 Å². The minimum Gasteiger partial charge on any atom is -0.497 e. The van der Waals surface area contributed by atoms with Crippen LogP contribution in [0.3, 0.4) is 0 Å². The van der Waals surface area contributed by atoms with E-state index in [1.165, 1.54) is 0 Å². The molecule has 128 valence electrons. The van der Waals surface area contributed by atoms with Gasteiger partial charge in [0.05, 0.1) is 19.6 Å². The van der Waals surface area contributed by atoms with Crippen LogP contribution >= 0.6 is 0 Å². The van der Waals surface area contributed by atoms with E-state index in [4.69, 9.17) is 4.74 Å². The van der Waals surface area contributed by atoms with Crippen LogP contribution in [0.4, 0.5) is 0 Å². The summed E-state index contributed by atoms with van der Waals surface area (Å²) in [4.78, 5) is 16.2. The third-order valence-electron chi connectivity index (χ3n) is 4.09. The van der Waals surface area contributed by atoms with Crippen LogP contribution in [-0.2, 0) is 11.2 Å². The number of fused-ring (bicyclic) bond motifs is 1. The molecule has 0 aliphatic carbocycles. The van der Waals surface area contributed by atoms with Crippen LogP contribution in [0.2, 0.25) is 0 Å². The number of carbonyl (C=O) groups is 1. The number of hydrogen-bond acceptors (Lipinski definition) is 4. The van der Waals surface area contributed by atoms with Gasteiger partial charge < -0.3 is 15.2 Å². The van der Waals surface area contributed by atoms with Crippen molar-refractivity contribution in [2.75, 3.05) is 13.7 Å². The van der Waals surface area contributed by atoms with Gasteiger partial charge in [0.2, 0.25) is 5.91 Å². The van der Waals surface area contributed by atoms with E-state index >= 15 is 0 Å². The lowest BCUT2D eigenvalue weighted by molar-refractivity contribution is -0.120. The predicted molar refractivity (Wildman–Crippen MR) is 96.4 cm³/mol. The third kappa shape index (κ3) is 4.14. The minimum absolute atomic E-state index is 0.140. The van der Waals surface area contributed by atoms with Crippen molar-refractivity contribution in [1.29, 1.82) is 0 Å². The highest BCUT2D eigenvalue weighted by Crippen LogP contribution is 2.24. The molecule has 0 aliphatic rings. The fraction of sp³-hybridized carbons (Fsp3) is 0.200. The van der Waals surface area contributed by atoms with E-state index < -0.39 is 6.10 Å². The van der Waals surface area contributed by atoms with E-state index in [-0.39, 0.29) is 18.9 Å². The average Bonchev–Trinajstić information content (AvgIpc) is 2.66. The van der Waals surface area contributed by atoms with Gasteiger partial charge in [0.25, 0.3) is 0 Å². The van der Waals surface area contributed by atoms with Crippen LogP contribution in [-0.4, -0.2) is 29.7 Å². The fourth-order valence-electron chi connectivity index (χ4n) is 2.73. The number of hydrogen-bond donors (Lipinski definition) is 2. The topological polar surface area (TPSA) is 71.5 Å². The first-order valence-corrected chi connectivity index (χ1v) is 8.07. The van der Waals surface area contributed by atoms with Crippen molar-refractivity contribution in [3.05, 3.63) is 72.1 Å². The Hall–Kier alpha value is -2.92. The van der Waals surface area contributed by atoms with Gasteiger partial charge in [0, 0.05) is 24.5 Å². The summed E-state index contributed by atoms with van der Waals surface area (Å²) in [6.07, 6.45) is 2.70. The second-order valence-electron chi connectivity index (χ2n) is 5.79. The van der Waals surface area contributed by atoms with E-state index in [1.807, 2.05) is 36.4 Å². The summed E-state index contributed by atoms with van der Waals surface area (Å²) in [6.45, 7) is 0.151. The third-order valence-corrected chi connectivity index (χ3v) is 4.09. The maximum Gasteiger partial charge on any atom is 0.224 e. The quantitative estimate of drug-likeness (QED) is 0.726. The first-order valence-electron chi connectivity index (χ1n) is 8.07. The number of aromatic nitrogens is 1. The Bertz CT molecular complexity index is 865. The lowest BCUT2D eigenvalue weighted by Crippen LogP contribution is -2.29. The van der Waals surface area contributed by atoms with E-state index in [0.29, 0.717) is 5.56 Å². The van der Waals surface area contributed by atoms with Crippen molar-refractivity contribution < 1.29 is 14.6 Å². The molecule has 0 fully saturated rings. The standard InChI is InChI=1S/C20H20N2O3/c1-25-17-8-7-14-4-2-5-15(18(14)11-17)10-20(24)22-13-19(23)16-6-3-9-21-12-16/h2-9,11-12,19,23H,10,13H2,1H3,(H,22,24)/t19-/m1/s1. The first-order chi connectivity index (χ1) is 12.2. The zero-order chi connectivity index (χ0) is 17.6. The Morgan fingerprint density at radius 2 is 2.12 bits per heavy atom. The maximum absolute atomic E-state index is 12.3. The van der Waals surface area contributed by atoms with Gasteiger partial charge in [-0.2, -0.15) is 0 Å². The van der Waals surface area contributed by atoms with E-state index in [0.717, 1.165) is 22.1 Å². The van der Waals surface area contributed by atoms with Crippen LogP contribution in [0.5, 0.6) is 5.75 Å². The second kappa shape index (κ2) is 7.77. The normalized spacial score (nSPS) is 11.9. The number of pyridine rings is 1. The first kappa shape index (κ1) is 16.9. The van der Waals surface area contributed by atoms with Crippen molar-refractivity contribution in [1.82, 2.24) is 10.3 Å². The zero-order valence-electron chi connectivity index (χ0n) is 14.0. The van der Waals surface area contributed by atoms with Crippen molar-refractivity contribution in [2.24, 2.45) is 0 Å². The van der Waals surface area contributed by atoms with Gasteiger partial charge in [-0.3, -0.25) is 9.78 Å². The largest absolute Gasteiger partial charge is 0.497 e. The molecule has 0 radical (unpaired) electrons. The molecule has 0 unspecified atom stereocenters. The summed E-state index contributed by atoms with van der Waals surface area (Å²) in [5.41, 5.74) is 1.60. The number of amides is 1. The number of carbonyl (C=O) groups excluding carboxylic acids is 1. The molecule has 2 aromatic carbocycles. The second-order valence-corrected chi connectivity index (χ2v) is 5.79. The number of benzene rings is 2. The highest BCUT2D eigenvalue weighted by molar-refractivity contribution is 5.91. The summed E-state index contributed by atoms with van der Waals surface area (Å²) in [5, 5.41) is 14.9. The Labute approximate surface area is 146 Å². The number of aliphatic hydroxyl groups excluding tert-OH is 1. The van der Waals surface area contributed by atoms with Gasteiger partial charge in [-0.05, 0) is 34.5 Å². The van der Waals surface area contributed by atoms with E-state index in [9.17, 15) is 9.90 Å². The number of methoxy groups -OCH3 is 1. The average molecular weight is 336 g/mol. The number of nitrogens with zero attached hydrogens (tertiary/aromatic N) is 1.